The third kappa shape index (κ3) is 8.78. The number of aromatic amines is 1. The summed E-state index contributed by atoms with van der Waals surface area (Å²) in [7, 11) is 0. The fraction of sp³-hybridized carbons (Fsp3) is 0.267. The lowest BCUT2D eigenvalue weighted by molar-refractivity contribution is -0.403. The van der Waals surface area contributed by atoms with Crippen LogP contribution in [0.4, 0.5) is 30.5 Å². The predicted molar refractivity (Wildman–Crippen MR) is 159 cm³/mol. The number of hydrogen-bond donors (Lipinski definition) is 3. The highest BCUT2D eigenvalue weighted by Gasteiger charge is 2.31. The molecule has 1 amide bonds. The van der Waals surface area contributed by atoms with Crippen LogP contribution in [0.15, 0.2) is 84.8 Å². The molecule has 1 saturated carbocycles. The average molecular weight is 623 g/mol. The predicted octanol–water partition coefficient (Wildman–Crippen LogP) is 6.59. The first-order valence-corrected chi connectivity index (χ1v) is 14.1. The summed E-state index contributed by atoms with van der Waals surface area (Å²) < 4.78 is 41.8. The minimum Gasteiger partial charge on any atom is -0.406 e. The summed E-state index contributed by atoms with van der Waals surface area (Å²) in [6, 6.07) is 19.3. The standard InChI is InChI=1S/C30H29F3N8O4/c31-30(32,33)45-26-16-12-24(13-17-26)34-27(19-41(43)44)40(25-14-10-22(11-15-25)21-4-2-1-3-5-21)18-20-6-8-23(9-7-20)28(42)35-29-36-38-39-37-29/h6-17,19,21,34H,1-5,18H2,(H2,35,36,37,38,39,42)/b27-19-. The molecule has 15 heteroatoms. The van der Waals surface area contributed by atoms with Crippen molar-refractivity contribution in [3.8, 4) is 5.75 Å². The highest BCUT2D eigenvalue weighted by atomic mass is 19.4. The number of nitrogens with one attached hydrogen (secondary N) is 3. The van der Waals surface area contributed by atoms with E-state index in [9.17, 15) is 28.1 Å². The average Bonchev–Trinajstić information content (AvgIpc) is 3.53. The second-order valence-corrected chi connectivity index (χ2v) is 10.4. The summed E-state index contributed by atoms with van der Waals surface area (Å²) in [6.07, 6.45) is 1.74. The van der Waals surface area contributed by atoms with Gasteiger partial charge in [-0.2, -0.15) is 5.21 Å². The van der Waals surface area contributed by atoms with E-state index in [4.69, 9.17) is 0 Å². The van der Waals surface area contributed by atoms with E-state index in [2.05, 4.69) is 36.0 Å². The lowest BCUT2D eigenvalue weighted by Crippen LogP contribution is -2.27. The topological polar surface area (TPSA) is 151 Å². The van der Waals surface area contributed by atoms with Crippen molar-refractivity contribution < 1.29 is 27.6 Å². The molecule has 0 radical (unpaired) electrons. The van der Waals surface area contributed by atoms with Gasteiger partial charge in [0.1, 0.15) is 5.75 Å². The Kier molecular flexibility index (Phi) is 9.55. The number of H-pyrrole nitrogens is 1. The van der Waals surface area contributed by atoms with Crippen molar-refractivity contribution in [3.05, 3.63) is 112 Å². The van der Waals surface area contributed by atoms with Gasteiger partial charge in [0, 0.05) is 23.5 Å². The van der Waals surface area contributed by atoms with Gasteiger partial charge in [0.2, 0.25) is 0 Å². The van der Waals surface area contributed by atoms with Crippen LogP contribution in [-0.4, -0.2) is 37.8 Å². The third-order valence-corrected chi connectivity index (χ3v) is 7.29. The van der Waals surface area contributed by atoms with Crippen LogP contribution in [0.1, 0.15) is 59.5 Å². The lowest BCUT2D eigenvalue weighted by Gasteiger charge is -2.28. The number of tetrazole rings is 1. The lowest BCUT2D eigenvalue weighted by atomic mass is 9.84. The van der Waals surface area contributed by atoms with Crippen LogP contribution in [0.3, 0.4) is 0 Å². The molecule has 45 heavy (non-hydrogen) atoms. The van der Waals surface area contributed by atoms with Gasteiger partial charge in [-0.05, 0) is 83.6 Å². The number of anilines is 3. The Hall–Kier alpha value is -5.47. The van der Waals surface area contributed by atoms with Crippen molar-refractivity contribution in [2.45, 2.75) is 50.9 Å². The van der Waals surface area contributed by atoms with E-state index in [0.717, 1.165) is 31.2 Å². The summed E-state index contributed by atoms with van der Waals surface area (Å²) in [5, 5.41) is 30.3. The van der Waals surface area contributed by atoms with Gasteiger partial charge in [-0.25, -0.2) is 0 Å². The Morgan fingerprint density at radius 1 is 1.00 bits per heavy atom. The molecule has 1 heterocycles. The number of nitrogens with zero attached hydrogens (tertiary/aromatic N) is 5. The number of halogens is 3. The van der Waals surface area contributed by atoms with Crippen LogP contribution in [0.25, 0.3) is 0 Å². The molecule has 1 aromatic heterocycles. The van der Waals surface area contributed by atoms with E-state index in [-0.39, 0.29) is 18.3 Å². The van der Waals surface area contributed by atoms with E-state index >= 15 is 0 Å². The number of benzene rings is 3. The summed E-state index contributed by atoms with van der Waals surface area (Å²) in [4.78, 5) is 25.4. The number of ether oxygens (including phenoxy) is 1. The molecule has 1 aliphatic rings. The Morgan fingerprint density at radius 2 is 1.69 bits per heavy atom. The van der Waals surface area contributed by atoms with Crippen LogP contribution < -0.4 is 20.3 Å². The normalized spacial score (nSPS) is 14.1. The van der Waals surface area contributed by atoms with Crippen molar-refractivity contribution in [1.29, 1.82) is 0 Å². The zero-order valence-electron chi connectivity index (χ0n) is 23.8. The first kappa shape index (κ1) is 31.0. The quantitative estimate of drug-likeness (QED) is 0.124. The van der Waals surface area contributed by atoms with E-state index in [0.29, 0.717) is 28.4 Å². The molecule has 4 aromatic rings. The molecule has 0 spiro atoms. The number of amides is 1. The van der Waals surface area contributed by atoms with Crippen molar-refractivity contribution in [1.82, 2.24) is 20.6 Å². The number of carbonyl (C=O) groups is 1. The van der Waals surface area contributed by atoms with Gasteiger partial charge >= 0.3 is 6.36 Å². The highest BCUT2D eigenvalue weighted by Crippen LogP contribution is 2.34. The van der Waals surface area contributed by atoms with E-state index in [1.807, 2.05) is 24.3 Å². The molecular formula is C30H29F3N8O4. The second kappa shape index (κ2) is 13.9. The van der Waals surface area contributed by atoms with Gasteiger partial charge < -0.3 is 15.0 Å². The molecule has 0 saturated heterocycles. The molecule has 5 rings (SSSR count). The smallest absolute Gasteiger partial charge is 0.406 e. The fourth-order valence-corrected chi connectivity index (χ4v) is 5.17. The number of carbonyl (C=O) groups excluding carboxylic acids is 1. The Labute approximate surface area is 255 Å². The van der Waals surface area contributed by atoms with Crippen molar-refractivity contribution >= 4 is 23.2 Å². The van der Waals surface area contributed by atoms with Gasteiger partial charge in [0.15, 0.2) is 5.82 Å². The van der Waals surface area contributed by atoms with Gasteiger partial charge in [0.05, 0.1) is 4.92 Å². The third-order valence-electron chi connectivity index (χ3n) is 7.29. The second-order valence-electron chi connectivity index (χ2n) is 10.4. The van der Waals surface area contributed by atoms with Crippen molar-refractivity contribution in [2.75, 3.05) is 15.5 Å². The molecule has 0 atom stereocenters. The molecular weight excluding hydrogens is 593 g/mol. The first-order chi connectivity index (χ1) is 21.6. The molecule has 3 N–H and O–H groups in total. The Morgan fingerprint density at radius 3 is 2.29 bits per heavy atom. The summed E-state index contributed by atoms with van der Waals surface area (Å²) in [5.41, 5.74) is 3.18. The minimum atomic E-state index is -4.85. The highest BCUT2D eigenvalue weighted by molar-refractivity contribution is 6.03. The van der Waals surface area contributed by atoms with Crippen LogP contribution >= 0.6 is 0 Å². The van der Waals surface area contributed by atoms with E-state index in [1.165, 1.54) is 37.0 Å². The van der Waals surface area contributed by atoms with Gasteiger partial charge in [-0.15, -0.1) is 18.3 Å². The number of hydrogen-bond acceptors (Lipinski definition) is 9. The maximum atomic E-state index is 12.6. The molecule has 0 bridgehead atoms. The van der Waals surface area contributed by atoms with E-state index in [1.54, 1.807) is 29.2 Å². The van der Waals surface area contributed by atoms with Crippen molar-refractivity contribution in [2.24, 2.45) is 0 Å². The first-order valence-electron chi connectivity index (χ1n) is 14.1. The largest absolute Gasteiger partial charge is 0.573 e. The van der Waals surface area contributed by atoms with Crippen molar-refractivity contribution in [3.63, 3.8) is 0 Å². The molecule has 0 aliphatic heterocycles. The molecule has 3 aromatic carbocycles. The summed E-state index contributed by atoms with van der Waals surface area (Å²) in [5.74, 6) is -0.339. The molecule has 234 valence electrons. The Bertz CT molecular complexity index is 1610. The SMILES string of the molecule is O=C(Nc1nn[nH]n1)c1ccc(CN(/C(=C\[N+](=O)[O-])Nc2ccc(OC(F)(F)F)cc2)c2ccc(C3CCCCC3)cc2)cc1. The van der Waals surface area contributed by atoms with Crippen LogP contribution in [0.5, 0.6) is 5.75 Å². The monoisotopic (exact) mass is 622 g/mol. The zero-order chi connectivity index (χ0) is 31.8. The molecule has 0 unspecified atom stereocenters. The van der Waals surface area contributed by atoms with Crippen LogP contribution in [0, 0.1) is 10.1 Å². The molecule has 1 fully saturated rings. The number of rotatable bonds is 11. The summed E-state index contributed by atoms with van der Waals surface area (Å²) in [6.45, 7) is 0.150. The van der Waals surface area contributed by atoms with Crippen LogP contribution in [-0.2, 0) is 6.54 Å². The number of aromatic nitrogens is 4. The fourth-order valence-electron chi connectivity index (χ4n) is 5.17. The minimum absolute atomic E-state index is 0.0190. The van der Waals surface area contributed by atoms with Gasteiger partial charge in [-0.3, -0.25) is 20.2 Å². The summed E-state index contributed by atoms with van der Waals surface area (Å²) >= 11 is 0. The van der Waals surface area contributed by atoms with E-state index < -0.39 is 22.9 Å². The van der Waals surface area contributed by atoms with Crippen LogP contribution in [0.2, 0.25) is 0 Å². The maximum Gasteiger partial charge on any atom is 0.573 e. The Balaban J connectivity index is 1.42. The number of nitro groups is 1. The maximum absolute atomic E-state index is 12.6. The number of alkyl halides is 3. The molecule has 12 nitrogen and oxygen atoms in total. The van der Waals surface area contributed by atoms with Gasteiger partial charge in [-0.1, -0.05) is 48.6 Å². The molecule has 1 aliphatic carbocycles. The van der Waals surface area contributed by atoms with Gasteiger partial charge in [0.25, 0.3) is 18.1 Å². The zero-order valence-corrected chi connectivity index (χ0v) is 23.8.